The van der Waals surface area contributed by atoms with Gasteiger partial charge in [0.05, 0.1) is 6.54 Å². The molecule has 1 saturated heterocycles. The monoisotopic (exact) mass is 340 g/mol. The minimum Gasteiger partial charge on any atom is -0.369 e. The highest BCUT2D eigenvalue weighted by Gasteiger charge is 2.24. The molecule has 1 aromatic heterocycles. The molecule has 3 heterocycles. The van der Waals surface area contributed by atoms with Crippen molar-refractivity contribution < 1.29 is 4.79 Å². The summed E-state index contributed by atoms with van der Waals surface area (Å²) in [5.74, 6) is 1.89. The number of carbonyl (C=O) groups is 1. The zero-order chi connectivity index (χ0) is 17.1. The molecule has 2 aliphatic heterocycles. The number of nitrogens with zero attached hydrogens (tertiary/aromatic N) is 4. The number of carbonyl (C=O) groups excluding carboxylic acids is 1. The number of rotatable bonds is 4. The van der Waals surface area contributed by atoms with Gasteiger partial charge >= 0.3 is 6.03 Å². The lowest BCUT2D eigenvalue weighted by atomic mass is 10.2. The number of hydrogen-bond acceptors (Lipinski definition) is 4. The molecule has 1 aromatic carbocycles. The predicted octanol–water partition coefficient (Wildman–Crippen LogP) is 1.69. The van der Waals surface area contributed by atoms with Crippen LogP contribution in [0.15, 0.2) is 30.3 Å². The molecule has 7 heteroatoms. The van der Waals surface area contributed by atoms with E-state index >= 15 is 0 Å². The van der Waals surface area contributed by atoms with Crippen molar-refractivity contribution in [1.29, 1.82) is 0 Å². The summed E-state index contributed by atoms with van der Waals surface area (Å²) < 4.78 is 2.14. The van der Waals surface area contributed by atoms with Crippen LogP contribution in [0.25, 0.3) is 0 Å². The highest BCUT2D eigenvalue weighted by molar-refractivity contribution is 5.74. The number of urea groups is 1. The van der Waals surface area contributed by atoms with Crippen molar-refractivity contribution in [2.45, 2.75) is 44.8 Å². The summed E-state index contributed by atoms with van der Waals surface area (Å²) in [5, 5.41) is 14.4. The number of aromatic nitrogens is 3. The maximum atomic E-state index is 12.2. The Hall–Kier alpha value is -2.57. The van der Waals surface area contributed by atoms with E-state index in [1.165, 1.54) is 12.1 Å². The van der Waals surface area contributed by atoms with E-state index in [1.54, 1.807) is 0 Å². The van der Waals surface area contributed by atoms with Crippen molar-refractivity contribution in [3.05, 3.63) is 42.0 Å². The Bertz CT molecular complexity index is 728. The molecule has 0 unspecified atom stereocenters. The molecule has 25 heavy (non-hydrogen) atoms. The summed E-state index contributed by atoms with van der Waals surface area (Å²) in [4.78, 5) is 14.5. The van der Waals surface area contributed by atoms with Crippen LogP contribution in [0.1, 0.15) is 30.9 Å². The standard InChI is InChI=1S/C18H24N6O/c25-18(19-12-17-22-21-16-8-4-5-10-24(16)17)20-14-9-11-23(13-14)15-6-2-1-3-7-15/h1-3,6-7,14H,4-5,8-13H2,(H2,19,20,25)/t14-/m0/s1. The first-order valence-corrected chi connectivity index (χ1v) is 9.05. The van der Waals surface area contributed by atoms with Gasteiger partial charge in [-0.15, -0.1) is 10.2 Å². The number of nitrogens with one attached hydrogen (secondary N) is 2. The van der Waals surface area contributed by atoms with E-state index in [0.717, 1.165) is 50.5 Å². The van der Waals surface area contributed by atoms with Crippen molar-refractivity contribution in [3.63, 3.8) is 0 Å². The van der Waals surface area contributed by atoms with Gasteiger partial charge in [0.2, 0.25) is 0 Å². The lowest BCUT2D eigenvalue weighted by Crippen LogP contribution is -2.43. The van der Waals surface area contributed by atoms with Crippen molar-refractivity contribution >= 4 is 11.7 Å². The number of aryl methyl sites for hydroxylation is 1. The van der Waals surface area contributed by atoms with Gasteiger partial charge in [-0.3, -0.25) is 0 Å². The largest absolute Gasteiger partial charge is 0.369 e. The van der Waals surface area contributed by atoms with Gasteiger partial charge in [-0.05, 0) is 31.4 Å². The summed E-state index contributed by atoms with van der Waals surface area (Å²) in [7, 11) is 0. The molecule has 0 radical (unpaired) electrons. The molecule has 2 aliphatic rings. The van der Waals surface area contributed by atoms with Crippen LogP contribution in [0, 0.1) is 0 Å². The summed E-state index contributed by atoms with van der Waals surface area (Å²) in [6, 6.07) is 10.4. The molecule has 132 valence electrons. The van der Waals surface area contributed by atoms with E-state index in [0.29, 0.717) is 6.54 Å². The van der Waals surface area contributed by atoms with Gasteiger partial charge in [-0.1, -0.05) is 18.2 Å². The minimum atomic E-state index is -0.131. The maximum absolute atomic E-state index is 12.2. The Labute approximate surface area is 147 Å². The number of para-hydroxylation sites is 1. The molecule has 1 atom stereocenters. The average Bonchev–Trinajstić information content (AvgIpc) is 3.28. The number of anilines is 1. The lowest BCUT2D eigenvalue weighted by molar-refractivity contribution is 0.237. The smallest absolute Gasteiger partial charge is 0.315 e. The van der Waals surface area contributed by atoms with Gasteiger partial charge in [0.1, 0.15) is 5.82 Å². The topological polar surface area (TPSA) is 75.1 Å². The highest BCUT2D eigenvalue weighted by Crippen LogP contribution is 2.19. The fourth-order valence-corrected chi connectivity index (χ4v) is 3.65. The Morgan fingerprint density at radius 2 is 2.04 bits per heavy atom. The molecular formula is C18H24N6O. The summed E-state index contributed by atoms with van der Waals surface area (Å²) in [6.07, 6.45) is 4.27. The van der Waals surface area contributed by atoms with E-state index in [4.69, 9.17) is 0 Å². The molecule has 1 fully saturated rings. The Morgan fingerprint density at radius 3 is 2.92 bits per heavy atom. The zero-order valence-electron chi connectivity index (χ0n) is 14.3. The first kappa shape index (κ1) is 15.9. The number of benzene rings is 1. The van der Waals surface area contributed by atoms with Gasteiger partial charge in [0, 0.05) is 37.8 Å². The molecule has 0 aliphatic carbocycles. The minimum absolute atomic E-state index is 0.131. The molecule has 7 nitrogen and oxygen atoms in total. The average molecular weight is 340 g/mol. The highest BCUT2D eigenvalue weighted by atomic mass is 16.2. The van der Waals surface area contributed by atoms with Gasteiger partial charge in [-0.25, -0.2) is 4.79 Å². The summed E-state index contributed by atoms with van der Waals surface area (Å²) in [5.41, 5.74) is 1.21. The first-order chi connectivity index (χ1) is 12.3. The van der Waals surface area contributed by atoms with Crippen LogP contribution < -0.4 is 15.5 Å². The second-order valence-corrected chi connectivity index (χ2v) is 6.74. The van der Waals surface area contributed by atoms with Gasteiger partial charge in [-0.2, -0.15) is 0 Å². The molecule has 2 aromatic rings. The van der Waals surface area contributed by atoms with Gasteiger partial charge in [0.15, 0.2) is 5.82 Å². The molecular weight excluding hydrogens is 316 g/mol. The van der Waals surface area contributed by atoms with Crippen LogP contribution in [0.5, 0.6) is 0 Å². The predicted molar refractivity (Wildman–Crippen MR) is 95.4 cm³/mol. The maximum Gasteiger partial charge on any atom is 0.315 e. The van der Waals surface area contributed by atoms with Gasteiger partial charge < -0.3 is 20.1 Å². The van der Waals surface area contributed by atoms with Crippen molar-refractivity contribution in [3.8, 4) is 0 Å². The fourth-order valence-electron chi connectivity index (χ4n) is 3.65. The van der Waals surface area contributed by atoms with E-state index in [2.05, 4.69) is 42.4 Å². The van der Waals surface area contributed by atoms with E-state index < -0.39 is 0 Å². The van der Waals surface area contributed by atoms with E-state index in [9.17, 15) is 4.79 Å². The van der Waals surface area contributed by atoms with Crippen LogP contribution in [0.3, 0.4) is 0 Å². The molecule has 4 rings (SSSR count). The third-order valence-electron chi connectivity index (χ3n) is 4.99. The normalized spacial score (nSPS) is 19.5. The molecule has 2 amide bonds. The quantitative estimate of drug-likeness (QED) is 0.888. The number of amides is 2. The summed E-state index contributed by atoms with van der Waals surface area (Å²) in [6.45, 7) is 3.19. The number of fused-ring (bicyclic) bond motifs is 1. The number of hydrogen-bond donors (Lipinski definition) is 2. The zero-order valence-corrected chi connectivity index (χ0v) is 14.3. The van der Waals surface area contributed by atoms with E-state index in [1.807, 2.05) is 18.2 Å². The molecule has 0 saturated carbocycles. The van der Waals surface area contributed by atoms with Crippen LogP contribution in [0.4, 0.5) is 10.5 Å². The molecule has 0 spiro atoms. The second kappa shape index (κ2) is 7.13. The van der Waals surface area contributed by atoms with Crippen LogP contribution in [-0.4, -0.2) is 39.9 Å². The van der Waals surface area contributed by atoms with Crippen molar-refractivity contribution in [1.82, 2.24) is 25.4 Å². The van der Waals surface area contributed by atoms with Crippen LogP contribution in [-0.2, 0) is 19.5 Å². The lowest BCUT2D eigenvalue weighted by Gasteiger charge is -2.19. The Kier molecular flexibility index (Phi) is 4.54. The fraction of sp³-hybridized carbons (Fsp3) is 0.500. The Morgan fingerprint density at radius 1 is 1.16 bits per heavy atom. The Balaban J connectivity index is 1.26. The van der Waals surface area contributed by atoms with E-state index in [-0.39, 0.29) is 12.1 Å². The summed E-state index contributed by atoms with van der Waals surface area (Å²) >= 11 is 0. The van der Waals surface area contributed by atoms with Crippen LogP contribution >= 0.6 is 0 Å². The second-order valence-electron chi connectivity index (χ2n) is 6.74. The van der Waals surface area contributed by atoms with Crippen LogP contribution in [0.2, 0.25) is 0 Å². The van der Waals surface area contributed by atoms with Crippen molar-refractivity contribution in [2.75, 3.05) is 18.0 Å². The van der Waals surface area contributed by atoms with Gasteiger partial charge in [0.25, 0.3) is 0 Å². The SMILES string of the molecule is O=C(NCc1nnc2n1CCCC2)N[C@H]1CCN(c2ccccc2)C1. The third-order valence-corrected chi connectivity index (χ3v) is 4.99. The first-order valence-electron chi connectivity index (χ1n) is 9.05. The molecule has 0 bridgehead atoms. The third kappa shape index (κ3) is 3.60. The molecule has 2 N–H and O–H groups in total. The van der Waals surface area contributed by atoms with Crippen molar-refractivity contribution in [2.24, 2.45) is 0 Å².